The Balaban J connectivity index is 0.00000324. The second-order valence-corrected chi connectivity index (χ2v) is 4.78. The SMILES string of the molecule is CC[NH+](CC)C(C)CO/N=C/c1ccc(Cl)cc1.[Cl-]. The average Bonchev–Trinajstić information content (AvgIpc) is 2.38. The predicted octanol–water partition coefficient (Wildman–Crippen LogP) is -0.992. The molecule has 1 atom stereocenters. The monoisotopic (exact) mass is 304 g/mol. The van der Waals surface area contributed by atoms with Crippen LogP contribution in [0.2, 0.25) is 5.02 Å². The van der Waals surface area contributed by atoms with Crippen molar-refractivity contribution in [3.8, 4) is 0 Å². The zero-order chi connectivity index (χ0) is 13.4. The first kappa shape index (κ1) is 18.2. The molecule has 1 aromatic rings. The van der Waals surface area contributed by atoms with Gasteiger partial charge in [-0.3, -0.25) is 0 Å². The summed E-state index contributed by atoms with van der Waals surface area (Å²) in [5.74, 6) is 0. The second-order valence-electron chi connectivity index (χ2n) is 4.35. The van der Waals surface area contributed by atoms with E-state index >= 15 is 0 Å². The minimum absolute atomic E-state index is 0. The fraction of sp³-hybridized carbons (Fsp3) is 0.500. The molecule has 0 saturated heterocycles. The maximum absolute atomic E-state index is 5.80. The van der Waals surface area contributed by atoms with E-state index in [0.717, 1.165) is 23.7 Å². The van der Waals surface area contributed by atoms with Crippen LogP contribution >= 0.6 is 11.6 Å². The Morgan fingerprint density at radius 3 is 2.37 bits per heavy atom. The molecule has 0 heterocycles. The number of rotatable bonds is 7. The third kappa shape index (κ3) is 6.81. The van der Waals surface area contributed by atoms with Gasteiger partial charge in [-0.15, -0.1) is 0 Å². The molecule has 0 saturated carbocycles. The van der Waals surface area contributed by atoms with E-state index in [4.69, 9.17) is 16.4 Å². The van der Waals surface area contributed by atoms with Crippen molar-refractivity contribution < 1.29 is 22.1 Å². The smallest absolute Gasteiger partial charge is 0.168 e. The Morgan fingerprint density at radius 2 is 1.84 bits per heavy atom. The van der Waals surface area contributed by atoms with Gasteiger partial charge >= 0.3 is 0 Å². The number of benzene rings is 1. The van der Waals surface area contributed by atoms with Gasteiger partial charge in [-0.1, -0.05) is 28.9 Å². The fourth-order valence-electron chi connectivity index (χ4n) is 1.87. The highest BCUT2D eigenvalue weighted by Gasteiger charge is 2.13. The largest absolute Gasteiger partial charge is 1.00 e. The van der Waals surface area contributed by atoms with Crippen LogP contribution in [0.5, 0.6) is 0 Å². The molecule has 1 N–H and O–H groups in total. The van der Waals surface area contributed by atoms with Crippen molar-refractivity contribution in [3.05, 3.63) is 34.9 Å². The summed E-state index contributed by atoms with van der Waals surface area (Å²) in [6, 6.07) is 7.96. The van der Waals surface area contributed by atoms with Crippen molar-refractivity contribution in [2.24, 2.45) is 5.16 Å². The molecule has 0 bridgehead atoms. The van der Waals surface area contributed by atoms with Gasteiger partial charge in [-0.05, 0) is 38.5 Å². The first-order chi connectivity index (χ1) is 8.67. The Kier molecular flexibility index (Phi) is 9.66. The normalized spacial score (nSPS) is 12.5. The second kappa shape index (κ2) is 10.1. The molecule has 0 fully saturated rings. The number of oxime groups is 1. The summed E-state index contributed by atoms with van der Waals surface area (Å²) in [5.41, 5.74) is 0.988. The molecule has 0 aliphatic rings. The van der Waals surface area contributed by atoms with Crippen LogP contribution in [0.15, 0.2) is 29.4 Å². The molecule has 3 nitrogen and oxygen atoms in total. The van der Waals surface area contributed by atoms with Gasteiger partial charge in [0.25, 0.3) is 0 Å². The van der Waals surface area contributed by atoms with Gasteiger partial charge in [0.2, 0.25) is 0 Å². The summed E-state index contributed by atoms with van der Waals surface area (Å²) in [6.45, 7) is 9.42. The summed E-state index contributed by atoms with van der Waals surface area (Å²) >= 11 is 5.80. The summed E-state index contributed by atoms with van der Waals surface area (Å²) in [4.78, 5) is 6.85. The molecule has 0 amide bonds. The third-order valence-electron chi connectivity index (χ3n) is 3.08. The molecule has 1 aromatic carbocycles. The van der Waals surface area contributed by atoms with Crippen LogP contribution in [0.3, 0.4) is 0 Å². The van der Waals surface area contributed by atoms with Crippen molar-refractivity contribution in [2.75, 3.05) is 19.7 Å². The van der Waals surface area contributed by atoms with Gasteiger partial charge in [0.05, 0.1) is 19.3 Å². The molecular weight excluding hydrogens is 283 g/mol. The van der Waals surface area contributed by atoms with Gasteiger partial charge in [0.15, 0.2) is 6.61 Å². The van der Waals surface area contributed by atoms with Gasteiger partial charge in [0.1, 0.15) is 6.04 Å². The quantitative estimate of drug-likeness (QED) is 0.508. The Labute approximate surface area is 127 Å². The Hall–Kier alpha value is -0.770. The summed E-state index contributed by atoms with van der Waals surface area (Å²) in [7, 11) is 0. The molecule has 0 aromatic heterocycles. The highest BCUT2D eigenvalue weighted by atomic mass is 35.5. The van der Waals surface area contributed by atoms with Crippen LogP contribution in [0.25, 0.3) is 0 Å². The van der Waals surface area contributed by atoms with E-state index in [1.165, 1.54) is 4.90 Å². The molecule has 19 heavy (non-hydrogen) atoms. The first-order valence-electron chi connectivity index (χ1n) is 6.42. The first-order valence-corrected chi connectivity index (χ1v) is 6.80. The highest BCUT2D eigenvalue weighted by molar-refractivity contribution is 6.30. The van der Waals surface area contributed by atoms with Crippen LogP contribution in [-0.4, -0.2) is 32.0 Å². The molecule has 0 aliphatic heterocycles. The number of hydrogen-bond acceptors (Lipinski definition) is 2. The van der Waals surface area contributed by atoms with Crippen molar-refractivity contribution >= 4 is 17.8 Å². The summed E-state index contributed by atoms with van der Waals surface area (Å²) in [5, 5.41) is 4.71. The number of nitrogens with one attached hydrogen (secondary N) is 1. The predicted molar refractivity (Wildman–Crippen MR) is 76.5 cm³/mol. The highest BCUT2D eigenvalue weighted by Crippen LogP contribution is 2.07. The van der Waals surface area contributed by atoms with Crippen molar-refractivity contribution in [3.63, 3.8) is 0 Å². The zero-order valence-electron chi connectivity index (χ0n) is 11.7. The Morgan fingerprint density at radius 1 is 1.26 bits per heavy atom. The minimum Gasteiger partial charge on any atom is -1.00 e. The molecule has 0 aliphatic carbocycles. The third-order valence-corrected chi connectivity index (χ3v) is 3.33. The van der Waals surface area contributed by atoms with E-state index in [-0.39, 0.29) is 12.4 Å². The lowest BCUT2D eigenvalue weighted by molar-refractivity contribution is -0.920. The molecule has 0 spiro atoms. The van der Waals surface area contributed by atoms with E-state index < -0.39 is 0 Å². The molecular formula is C14H22Cl2N2O. The lowest BCUT2D eigenvalue weighted by Gasteiger charge is -2.21. The number of hydrogen-bond donors (Lipinski definition) is 1. The average molecular weight is 305 g/mol. The number of likely N-dealkylation sites (N-methyl/N-ethyl adjacent to an activating group) is 1. The van der Waals surface area contributed by atoms with Crippen LogP contribution in [-0.2, 0) is 4.84 Å². The maximum Gasteiger partial charge on any atom is 0.168 e. The number of nitrogens with zero attached hydrogens (tertiary/aromatic N) is 1. The lowest BCUT2D eigenvalue weighted by atomic mass is 10.2. The van der Waals surface area contributed by atoms with E-state index in [9.17, 15) is 0 Å². The van der Waals surface area contributed by atoms with Crippen LogP contribution in [0.4, 0.5) is 0 Å². The zero-order valence-corrected chi connectivity index (χ0v) is 13.2. The summed E-state index contributed by atoms with van der Waals surface area (Å²) < 4.78 is 0. The molecule has 1 unspecified atom stereocenters. The fourth-order valence-corrected chi connectivity index (χ4v) is 1.99. The molecule has 108 valence electrons. The molecule has 5 heteroatoms. The minimum atomic E-state index is 0. The lowest BCUT2D eigenvalue weighted by Crippen LogP contribution is -3.15. The van der Waals surface area contributed by atoms with E-state index in [1.54, 1.807) is 6.21 Å². The van der Waals surface area contributed by atoms with Crippen molar-refractivity contribution in [1.82, 2.24) is 0 Å². The Bertz CT molecular complexity index is 364. The van der Waals surface area contributed by atoms with E-state index in [2.05, 4.69) is 25.9 Å². The van der Waals surface area contributed by atoms with Gasteiger partial charge in [-0.2, -0.15) is 0 Å². The van der Waals surface area contributed by atoms with Crippen LogP contribution in [0, 0.1) is 0 Å². The topological polar surface area (TPSA) is 26.0 Å². The molecule has 1 rings (SSSR count). The number of halogens is 2. The van der Waals surface area contributed by atoms with Crippen molar-refractivity contribution in [2.45, 2.75) is 26.8 Å². The van der Waals surface area contributed by atoms with Crippen molar-refractivity contribution in [1.29, 1.82) is 0 Å². The maximum atomic E-state index is 5.80. The van der Waals surface area contributed by atoms with Crippen LogP contribution in [0.1, 0.15) is 26.3 Å². The summed E-state index contributed by atoms with van der Waals surface area (Å²) in [6.07, 6.45) is 1.71. The standard InChI is InChI=1S/C14H21ClN2O.ClH/c1-4-17(5-2)12(3)11-18-16-10-13-6-8-14(15)9-7-13;/h6-10,12H,4-5,11H2,1-3H3;1H/b16-10+;. The van der Waals surface area contributed by atoms with E-state index in [0.29, 0.717) is 12.6 Å². The van der Waals surface area contributed by atoms with Gasteiger partial charge < -0.3 is 22.1 Å². The van der Waals surface area contributed by atoms with Gasteiger partial charge in [-0.25, -0.2) is 0 Å². The van der Waals surface area contributed by atoms with Crippen LogP contribution < -0.4 is 17.3 Å². The number of quaternary nitrogens is 1. The molecule has 0 radical (unpaired) electrons. The van der Waals surface area contributed by atoms with E-state index in [1.807, 2.05) is 24.3 Å². The van der Waals surface area contributed by atoms with Gasteiger partial charge in [0, 0.05) is 5.02 Å².